The van der Waals surface area contributed by atoms with E-state index >= 15 is 0 Å². The summed E-state index contributed by atoms with van der Waals surface area (Å²) in [6.07, 6.45) is 2.96. The van der Waals surface area contributed by atoms with Crippen LogP contribution in [-0.2, 0) is 0 Å². The van der Waals surface area contributed by atoms with Crippen LogP contribution in [0.25, 0.3) is 0 Å². The first-order chi connectivity index (χ1) is 10.7. The maximum atomic E-state index is 5.36. The molecular weight excluding hydrogens is 272 g/mol. The van der Waals surface area contributed by atoms with E-state index in [4.69, 9.17) is 4.52 Å². The van der Waals surface area contributed by atoms with E-state index in [2.05, 4.69) is 62.0 Å². The predicted molar refractivity (Wildman–Crippen MR) is 90.7 cm³/mol. The van der Waals surface area contributed by atoms with Crippen molar-refractivity contribution in [2.45, 2.75) is 51.9 Å². The Bertz CT molecular complexity index is 630. The minimum Gasteiger partial charge on any atom is -0.368 e. The molecule has 0 radical (unpaired) electrons. The van der Waals surface area contributed by atoms with E-state index < -0.39 is 0 Å². The zero-order valence-corrected chi connectivity index (χ0v) is 14.0. The average Bonchev–Trinajstić information content (AvgIpc) is 3.01. The lowest BCUT2D eigenvalue weighted by molar-refractivity contribution is 0.380. The maximum Gasteiger partial charge on any atom is 0.147 e. The van der Waals surface area contributed by atoms with E-state index in [1.165, 1.54) is 16.8 Å². The summed E-state index contributed by atoms with van der Waals surface area (Å²) in [5.74, 6) is 1.48. The largest absolute Gasteiger partial charge is 0.368 e. The van der Waals surface area contributed by atoms with Gasteiger partial charge >= 0.3 is 0 Å². The second-order valence-electron chi connectivity index (χ2n) is 6.42. The molecule has 0 bridgehead atoms. The SMILES string of the molecule is CCN(CC)c1conc1C1CC(C)c2ccccc2C1C. The van der Waals surface area contributed by atoms with Crippen LogP contribution < -0.4 is 4.90 Å². The number of aromatic nitrogens is 1. The lowest BCUT2D eigenvalue weighted by Gasteiger charge is -2.35. The second-order valence-corrected chi connectivity index (χ2v) is 6.42. The third kappa shape index (κ3) is 2.43. The van der Waals surface area contributed by atoms with Crippen molar-refractivity contribution in [3.63, 3.8) is 0 Å². The standard InChI is InChI=1S/C19H26N2O/c1-5-21(6-2)18-12-22-20-19(18)17-11-13(3)15-9-7-8-10-16(15)14(17)4/h7-10,12-14,17H,5-6,11H2,1-4H3. The Morgan fingerprint density at radius 3 is 2.50 bits per heavy atom. The van der Waals surface area contributed by atoms with E-state index in [1.807, 2.05) is 6.26 Å². The Hall–Kier alpha value is -1.77. The van der Waals surface area contributed by atoms with Gasteiger partial charge in [-0.1, -0.05) is 43.3 Å². The summed E-state index contributed by atoms with van der Waals surface area (Å²) in [6.45, 7) is 11.0. The van der Waals surface area contributed by atoms with Crippen molar-refractivity contribution in [3.8, 4) is 0 Å². The molecule has 0 amide bonds. The first kappa shape index (κ1) is 15.1. The van der Waals surface area contributed by atoms with E-state index in [1.54, 1.807) is 0 Å². The van der Waals surface area contributed by atoms with Crippen LogP contribution in [0.2, 0.25) is 0 Å². The lowest BCUT2D eigenvalue weighted by atomic mass is 9.70. The van der Waals surface area contributed by atoms with Crippen LogP contribution in [-0.4, -0.2) is 18.2 Å². The zero-order chi connectivity index (χ0) is 15.7. The highest BCUT2D eigenvalue weighted by Crippen LogP contribution is 2.48. The number of hydrogen-bond donors (Lipinski definition) is 0. The number of hydrogen-bond acceptors (Lipinski definition) is 3. The van der Waals surface area contributed by atoms with E-state index in [0.717, 1.165) is 25.2 Å². The van der Waals surface area contributed by atoms with Crippen LogP contribution in [0.4, 0.5) is 5.69 Å². The van der Waals surface area contributed by atoms with Crippen molar-refractivity contribution in [1.29, 1.82) is 0 Å². The molecule has 3 rings (SSSR count). The van der Waals surface area contributed by atoms with Crippen molar-refractivity contribution < 1.29 is 4.52 Å². The molecule has 3 unspecified atom stereocenters. The van der Waals surface area contributed by atoms with Gasteiger partial charge in [-0.25, -0.2) is 0 Å². The van der Waals surface area contributed by atoms with Gasteiger partial charge in [-0.05, 0) is 43.2 Å². The smallest absolute Gasteiger partial charge is 0.147 e. The normalized spacial score (nSPS) is 24.1. The summed E-state index contributed by atoms with van der Waals surface area (Å²) in [7, 11) is 0. The second kappa shape index (κ2) is 6.15. The molecule has 0 N–H and O–H groups in total. The molecule has 1 aliphatic carbocycles. The van der Waals surface area contributed by atoms with Gasteiger partial charge in [0.1, 0.15) is 17.6 Å². The minimum atomic E-state index is 0.430. The van der Waals surface area contributed by atoms with E-state index in [9.17, 15) is 0 Å². The van der Waals surface area contributed by atoms with Gasteiger partial charge in [0.2, 0.25) is 0 Å². The molecule has 0 saturated heterocycles. The number of rotatable bonds is 4. The molecule has 0 saturated carbocycles. The lowest BCUT2D eigenvalue weighted by Crippen LogP contribution is -2.26. The van der Waals surface area contributed by atoms with Crippen molar-refractivity contribution in [1.82, 2.24) is 5.16 Å². The minimum absolute atomic E-state index is 0.430. The molecular formula is C19H26N2O. The fourth-order valence-corrected chi connectivity index (χ4v) is 3.95. The molecule has 3 nitrogen and oxygen atoms in total. The number of fused-ring (bicyclic) bond motifs is 1. The molecule has 2 aromatic rings. The molecule has 1 aromatic heterocycles. The van der Waals surface area contributed by atoms with Crippen molar-refractivity contribution in [2.24, 2.45) is 0 Å². The third-order valence-corrected chi connectivity index (χ3v) is 5.26. The molecule has 22 heavy (non-hydrogen) atoms. The summed E-state index contributed by atoms with van der Waals surface area (Å²) >= 11 is 0. The molecule has 3 atom stereocenters. The Balaban J connectivity index is 1.99. The van der Waals surface area contributed by atoms with Crippen molar-refractivity contribution >= 4 is 5.69 Å². The van der Waals surface area contributed by atoms with Crippen LogP contribution in [0.15, 0.2) is 35.1 Å². The third-order valence-electron chi connectivity index (χ3n) is 5.26. The summed E-state index contributed by atoms with van der Waals surface area (Å²) in [5.41, 5.74) is 5.28. The highest BCUT2D eigenvalue weighted by atomic mass is 16.5. The Morgan fingerprint density at radius 2 is 1.82 bits per heavy atom. The average molecular weight is 298 g/mol. The first-order valence-electron chi connectivity index (χ1n) is 8.45. The summed E-state index contributed by atoms with van der Waals surface area (Å²) in [6, 6.07) is 8.86. The highest BCUT2D eigenvalue weighted by Gasteiger charge is 2.34. The quantitative estimate of drug-likeness (QED) is 0.802. The van der Waals surface area contributed by atoms with Gasteiger partial charge in [0, 0.05) is 19.0 Å². The first-order valence-corrected chi connectivity index (χ1v) is 8.45. The molecule has 0 aliphatic heterocycles. The topological polar surface area (TPSA) is 29.3 Å². The van der Waals surface area contributed by atoms with E-state index in [-0.39, 0.29) is 0 Å². The van der Waals surface area contributed by atoms with Crippen LogP contribution in [0.5, 0.6) is 0 Å². The van der Waals surface area contributed by atoms with Gasteiger partial charge < -0.3 is 9.42 Å². The van der Waals surface area contributed by atoms with Crippen LogP contribution in [0.3, 0.4) is 0 Å². The molecule has 1 aliphatic rings. The van der Waals surface area contributed by atoms with E-state index in [0.29, 0.717) is 17.8 Å². The Labute approximate surface area is 133 Å². The van der Waals surface area contributed by atoms with Gasteiger partial charge in [-0.3, -0.25) is 0 Å². The molecule has 1 aromatic carbocycles. The molecule has 0 fully saturated rings. The monoisotopic (exact) mass is 298 g/mol. The Morgan fingerprint density at radius 1 is 1.14 bits per heavy atom. The highest BCUT2D eigenvalue weighted by molar-refractivity contribution is 5.52. The fraction of sp³-hybridized carbons (Fsp3) is 0.526. The zero-order valence-electron chi connectivity index (χ0n) is 14.0. The van der Waals surface area contributed by atoms with Crippen molar-refractivity contribution in [3.05, 3.63) is 47.3 Å². The number of anilines is 1. The van der Waals surface area contributed by atoms with Gasteiger partial charge in [-0.2, -0.15) is 0 Å². The Kier molecular flexibility index (Phi) is 4.23. The maximum absolute atomic E-state index is 5.36. The molecule has 0 spiro atoms. The van der Waals surface area contributed by atoms with Gasteiger partial charge in [0.05, 0.1) is 0 Å². The fourth-order valence-electron chi connectivity index (χ4n) is 3.95. The summed E-state index contributed by atoms with van der Waals surface area (Å²) in [4.78, 5) is 2.34. The van der Waals surface area contributed by atoms with Gasteiger partial charge in [0.15, 0.2) is 0 Å². The van der Waals surface area contributed by atoms with Crippen LogP contribution >= 0.6 is 0 Å². The number of nitrogens with zero attached hydrogens (tertiary/aromatic N) is 2. The van der Waals surface area contributed by atoms with Crippen LogP contribution in [0, 0.1) is 0 Å². The number of benzene rings is 1. The summed E-state index contributed by atoms with van der Waals surface area (Å²) < 4.78 is 5.36. The molecule has 118 valence electrons. The van der Waals surface area contributed by atoms with Crippen molar-refractivity contribution in [2.75, 3.05) is 18.0 Å². The van der Waals surface area contributed by atoms with Gasteiger partial charge in [-0.15, -0.1) is 0 Å². The van der Waals surface area contributed by atoms with Crippen LogP contribution in [0.1, 0.15) is 68.7 Å². The summed E-state index contributed by atoms with van der Waals surface area (Å²) in [5, 5.41) is 4.40. The van der Waals surface area contributed by atoms with Gasteiger partial charge in [0.25, 0.3) is 0 Å². The predicted octanol–water partition coefficient (Wildman–Crippen LogP) is 4.92. The molecule has 3 heteroatoms. The molecule has 1 heterocycles.